The Hall–Kier alpha value is -2.69. The number of carbonyl (C=O) groups excluding carboxylic acids is 1. The molecule has 2 aromatic rings. The normalized spacial score (nSPS) is 16.6. The summed E-state index contributed by atoms with van der Waals surface area (Å²) in [4.78, 5) is 14.7. The van der Waals surface area contributed by atoms with E-state index >= 15 is 0 Å². The van der Waals surface area contributed by atoms with Crippen molar-refractivity contribution < 1.29 is 14.3 Å². The molecule has 132 valence electrons. The standard InChI is InChI=1S/C20H24N2O3/c1-14-6-4-7-15(12-14)17-8-5-11-22(17)20(23)21-16-9-10-18(24-2)19(13-16)25-3/h4,6-7,9-10,12-13,17H,5,8,11H2,1-3H3,(H,21,23)/t17-/m0/s1. The molecule has 1 aliphatic heterocycles. The maximum absolute atomic E-state index is 12.8. The van der Waals surface area contributed by atoms with Crippen molar-refractivity contribution in [3.8, 4) is 11.5 Å². The van der Waals surface area contributed by atoms with E-state index in [1.165, 1.54) is 11.1 Å². The molecule has 0 bridgehead atoms. The number of ether oxygens (including phenoxy) is 2. The van der Waals surface area contributed by atoms with Gasteiger partial charge in [0.25, 0.3) is 0 Å². The van der Waals surface area contributed by atoms with Crippen LogP contribution in [0, 0.1) is 6.92 Å². The van der Waals surface area contributed by atoms with Gasteiger partial charge < -0.3 is 19.7 Å². The van der Waals surface area contributed by atoms with Crippen LogP contribution in [-0.4, -0.2) is 31.7 Å². The molecule has 2 amide bonds. The topological polar surface area (TPSA) is 50.8 Å². The molecule has 3 rings (SSSR count). The summed E-state index contributed by atoms with van der Waals surface area (Å²) in [5.41, 5.74) is 3.10. The van der Waals surface area contributed by atoms with Crippen LogP contribution in [-0.2, 0) is 0 Å². The molecule has 0 saturated carbocycles. The van der Waals surface area contributed by atoms with E-state index in [9.17, 15) is 4.79 Å². The van der Waals surface area contributed by atoms with Gasteiger partial charge in [-0.25, -0.2) is 4.79 Å². The second-order valence-corrected chi connectivity index (χ2v) is 6.27. The summed E-state index contributed by atoms with van der Waals surface area (Å²) in [6.07, 6.45) is 2.00. The zero-order valence-electron chi connectivity index (χ0n) is 14.9. The van der Waals surface area contributed by atoms with E-state index in [-0.39, 0.29) is 12.1 Å². The quantitative estimate of drug-likeness (QED) is 0.898. The van der Waals surface area contributed by atoms with Crippen LogP contribution in [0.3, 0.4) is 0 Å². The number of likely N-dealkylation sites (tertiary alicyclic amines) is 1. The molecule has 0 radical (unpaired) electrons. The number of nitrogens with one attached hydrogen (secondary N) is 1. The Morgan fingerprint density at radius 2 is 1.92 bits per heavy atom. The molecule has 0 spiro atoms. The second-order valence-electron chi connectivity index (χ2n) is 6.27. The highest BCUT2D eigenvalue weighted by Crippen LogP contribution is 2.34. The summed E-state index contributed by atoms with van der Waals surface area (Å²) >= 11 is 0. The monoisotopic (exact) mass is 340 g/mol. The predicted octanol–water partition coefficient (Wildman–Crippen LogP) is 4.38. The van der Waals surface area contributed by atoms with Gasteiger partial charge in [-0.05, 0) is 37.5 Å². The molecule has 1 aliphatic rings. The first-order valence-electron chi connectivity index (χ1n) is 8.48. The lowest BCUT2D eigenvalue weighted by Gasteiger charge is -2.25. The molecule has 5 heteroatoms. The predicted molar refractivity (Wildman–Crippen MR) is 98.4 cm³/mol. The Morgan fingerprint density at radius 1 is 1.12 bits per heavy atom. The first-order chi connectivity index (χ1) is 12.1. The minimum Gasteiger partial charge on any atom is -0.493 e. The second kappa shape index (κ2) is 7.47. The maximum Gasteiger partial charge on any atom is 0.322 e. The minimum absolute atomic E-state index is 0.0868. The number of rotatable bonds is 4. The molecule has 25 heavy (non-hydrogen) atoms. The molecule has 2 aromatic carbocycles. The summed E-state index contributed by atoms with van der Waals surface area (Å²) in [6.45, 7) is 2.84. The average molecular weight is 340 g/mol. The van der Waals surface area contributed by atoms with Crippen molar-refractivity contribution in [2.24, 2.45) is 0 Å². The third-order valence-electron chi connectivity index (χ3n) is 4.58. The number of benzene rings is 2. The van der Waals surface area contributed by atoms with Crippen molar-refractivity contribution in [3.05, 3.63) is 53.6 Å². The lowest BCUT2D eigenvalue weighted by Crippen LogP contribution is -2.34. The molecule has 5 nitrogen and oxygen atoms in total. The molecule has 1 saturated heterocycles. The fourth-order valence-corrected chi connectivity index (χ4v) is 3.34. The number of urea groups is 1. The average Bonchev–Trinajstić information content (AvgIpc) is 3.11. The lowest BCUT2D eigenvalue weighted by atomic mass is 10.0. The van der Waals surface area contributed by atoms with Crippen molar-refractivity contribution in [1.82, 2.24) is 4.90 Å². The number of nitrogens with zero attached hydrogens (tertiary/aromatic N) is 1. The highest BCUT2D eigenvalue weighted by molar-refractivity contribution is 5.90. The maximum atomic E-state index is 12.8. The van der Waals surface area contributed by atoms with Gasteiger partial charge in [0, 0.05) is 18.3 Å². The van der Waals surface area contributed by atoms with Gasteiger partial charge in [-0.15, -0.1) is 0 Å². The number of anilines is 1. The van der Waals surface area contributed by atoms with E-state index in [2.05, 4.69) is 30.4 Å². The molecule has 1 fully saturated rings. The zero-order chi connectivity index (χ0) is 17.8. The minimum atomic E-state index is -0.0868. The van der Waals surface area contributed by atoms with Gasteiger partial charge in [-0.1, -0.05) is 29.8 Å². The van der Waals surface area contributed by atoms with Crippen LogP contribution in [0.5, 0.6) is 11.5 Å². The highest BCUT2D eigenvalue weighted by Gasteiger charge is 2.30. The summed E-state index contributed by atoms with van der Waals surface area (Å²) in [5, 5.41) is 2.98. The summed E-state index contributed by atoms with van der Waals surface area (Å²) in [6, 6.07) is 13.8. The van der Waals surface area contributed by atoms with Crippen molar-refractivity contribution >= 4 is 11.7 Å². The van der Waals surface area contributed by atoms with Crippen LogP contribution in [0.25, 0.3) is 0 Å². The third kappa shape index (κ3) is 3.71. The van der Waals surface area contributed by atoms with Crippen LogP contribution in [0.4, 0.5) is 10.5 Å². The van der Waals surface area contributed by atoms with Gasteiger partial charge in [-0.3, -0.25) is 0 Å². The Labute approximate surface area is 148 Å². The Balaban J connectivity index is 1.76. The molecular formula is C20H24N2O3. The summed E-state index contributed by atoms with van der Waals surface area (Å²) < 4.78 is 10.5. The number of hydrogen-bond acceptors (Lipinski definition) is 3. The number of aryl methyl sites for hydroxylation is 1. The molecule has 1 N–H and O–H groups in total. The van der Waals surface area contributed by atoms with Crippen molar-refractivity contribution in [2.75, 3.05) is 26.1 Å². The van der Waals surface area contributed by atoms with Crippen molar-refractivity contribution in [3.63, 3.8) is 0 Å². The van der Waals surface area contributed by atoms with Gasteiger partial charge in [0.05, 0.1) is 20.3 Å². The van der Waals surface area contributed by atoms with E-state index in [0.29, 0.717) is 17.2 Å². The van der Waals surface area contributed by atoms with Crippen LogP contribution < -0.4 is 14.8 Å². The van der Waals surface area contributed by atoms with E-state index in [4.69, 9.17) is 9.47 Å². The number of carbonyl (C=O) groups is 1. The lowest BCUT2D eigenvalue weighted by molar-refractivity contribution is 0.207. The summed E-state index contributed by atoms with van der Waals surface area (Å²) in [5.74, 6) is 1.23. The molecule has 0 unspecified atom stereocenters. The smallest absolute Gasteiger partial charge is 0.322 e. The van der Waals surface area contributed by atoms with Gasteiger partial charge in [-0.2, -0.15) is 0 Å². The van der Waals surface area contributed by atoms with Gasteiger partial charge >= 0.3 is 6.03 Å². The van der Waals surface area contributed by atoms with Crippen LogP contribution in [0.15, 0.2) is 42.5 Å². The Kier molecular flexibility index (Phi) is 5.12. The van der Waals surface area contributed by atoms with Crippen molar-refractivity contribution in [2.45, 2.75) is 25.8 Å². The molecular weight excluding hydrogens is 316 g/mol. The van der Waals surface area contributed by atoms with E-state index in [1.807, 2.05) is 17.0 Å². The number of methoxy groups -OCH3 is 2. The van der Waals surface area contributed by atoms with Crippen molar-refractivity contribution in [1.29, 1.82) is 0 Å². The van der Waals surface area contributed by atoms with Crippen LogP contribution >= 0.6 is 0 Å². The van der Waals surface area contributed by atoms with Crippen LogP contribution in [0.1, 0.15) is 30.0 Å². The first-order valence-corrected chi connectivity index (χ1v) is 8.48. The van der Waals surface area contributed by atoms with Gasteiger partial charge in [0.15, 0.2) is 11.5 Å². The fourth-order valence-electron chi connectivity index (χ4n) is 3.34. The van der Waals surface area contributed by atoms with Gasteiger partial charge in [0.2, 0.25) is 0 Å². The summed E-state index contributed by atoms with van der Waals surface area (Å²) in [7, 11) is 3.17. The van der Waals surface area contributed by atoms with E-state index in [0.717, 1.165) is 19.4 Å². The van der Waals surface area contributed by atoms with E-state index < -0.39 is 0 Å². The molecule has 1 heterocycles. The van der Waals surface area contributed by atoms with E-state index in [1.54, 1.807) is 26.4 Å². The fraction of sp³-hybridized carbons (Fsp3) is 0.350. The van der Waals surface area contributed by atoms with Gasteiger partial charge in [0.1, 0.15) is 0 Å². The highest BCUT2D eigenvalue weighted by atomic mass is 16.5. The molecule has 0 aliphatic carbocycles. The Bertz CT molecular complexity index is 760. The number of hydrogen-bond donors (Lipinski definition) is 1. The zero-order valence-corrected chi connectivity index (χ0v) is 14.9. The van der Waals surface area contributed by atoms with Crippen LogP contribution in [0.2, 0.25) is 0 Å². The largest absolute Gasteiger partial charge is 0.493 e. The number of amides is 2. The first kappa shape index (κ1) is 17.1. The molecule has 1 atom stereocenters. The third-order valence-corrected chi connectivity index (χ3v) is 4.58. The Morgan fingerprint density at radius 3 is 2.64 bits per heavy atom. The SMILES string of the molecule is COc1ccc(NC(=O)N2CCC[C@H]2c2cccc(C)c2)cc1OC. The molecule has 0 aromatic heterocycles.